The molecule has 3 heterocycles. The van der Waals surface area contributed by atoms with Crippen LogP contribution in [-0.2, 0) is 0 Å². The van der Waals surface area contributed by atoms with E-state index in [-0.39, 0.29) is 20.4 Å². The molecule has 0 saturated heterocycles. The predicted molar refractivity (Wildman–Crippen MR) is 121 cm³/mol. The van der Waals surface area contributed by atoms with Gasteiger partial charge in [-0.05, 0) is 88.0 Å². The van der Waals surface area contributed by atoms with E-state index in [9.17, 15) is 0 Å². The van der Waals surface area contributed by atoms with Crippen LogP contribution < -0.4 is 28.4 Å². The van der Waals surface area contributed by atoms with E-state index in [1.807, 2.05) is 36.4 Å². The molecule has 0 radical (unpaired) electrons. The maximum absolute atomic E-state index is 5.61. The van der Waals surface area contributed by atoms with Crippen molar-refractivity contribution in [3.63, 3.8) is 0 Å². The minimum absolute atomic E-state index is 0.248. The van der Waals surface area contributed by atoms with Gasteiger partial charge >= 0.3 is 0 Å². The molecule has 0 unspecified atom stereocenters. The lowest BCUT2D eigenvalue weighted by atomic mass is 9.93. The van der Waals surface area contributed by atoms with Gasteiger partial charge in [-0.3, -0.25) is 0 Å². The largest absolute Gasteiger partial charge is 0.454 e. The summed E-state index contributed by atoms with van der Waals surface area (Å²) in [5.74, 6) is 4.56. The molecule has 0 spiro atoms. The summed E-state index contributed by atoms with van der Waals surface area (Å²) in [6, 6.07) is 24.6. The Morgan fingerprint density at radius 3 is 0.939 bits per heavy atom. The Labute approximate surface area is 189 Å². The van der Waals surface area contributed by atoms with Gasteiger partial charge in [0.1, 0.15) is 0 Å². The van der Waals surface area contributed by atoms with E-state index >= 15 is 0 Å². The molecule has 0 amide bonds. The fraction of sp³-hybridized carbons (Fsp3) is 0.111. The summed E-state index contributed by atoms with van der Waals surface area (Å²) in [6.45, 7) is 0.745. The molecule has 0 aromatic heterocycles. The first-order chi connectivity index (χ1) is 16.3. The van der Waals surface area contributed by atoms with Crippen LogP contribution in [0.1, 0.15) is 0 Å². The maximum atomic E-state index is 5.61. The Balaban J connectivity index is 1.39. The first-order valence-corrected chi connectivity index (χ1v) is 10.7. The predicted octanol–water partition coefficient (Wildman–Crippen LogP) is 5.87. The fourth-order valence-corrected chi connectivity index (χ4v) is 4.36. The molecule has 33 heavy (non-hydrogen) atoms. The van der Waals surface area contributed by atoms with Crippen molar-refractivity contribution in [3.8, 4) is 67.9 Å². The highest BCUT2D eigenvalue weighted by molar-refractivity contribution is 5.83. The lowest BCUT2D eigenvalue weighted by Gasteiger charge is -2.12. The summed E-state index contributed by atoms with van der Waals surface area (Å²) in [4.78, 5) is 0. The Bertz CT molecular complexity index is 1230. The quantitative estimate of drug-likeness (QED) is 0.399. The second kappa shape index (κ2) is 7.10. The molecular formula is C27H18O6. The van der Waals surface area contributed by atoms with Crippen molar-refractivity contribution in [3.05, 3.63) is 72.8 Å². The zero-order valence-corrected chi connectivity index (χ0v) is 17.5. The SMILES string of the molecule is c1cc2c(cc1-c1cc(-c3ccc4c(c3)OCO4)cc(-c3ccc4c(c3)OCO4)c1)OCO2. The van der Waals surface area contributed by atoms with Crippen LogP contribution in [0.25, 0.3) is 33.4 Å². The van der Waals surface area contributed by atoms with Gasteiger partial charge in [-0.25, -0.2) is 0 Å². The fourth-order valence-electron chi connectivity index (χ4n) is 4.36. The molecule has 0 N–H and O–H groups in total. The van der Waals surface area contributed by atoms with Gasteiger partial charge in [0.05, 0.1) is 0 Å². The van der Waals surface area contributed by atoms with Crippen LogP contribution in [0.2, 0.25) is 0 Å². The van der Waals surface area contributed by atoms with Crippen molar-refractivity contribution in [1.29, 1.82) is 0 Å². The molecule has 0 aliphatic carbocycles. The summed E-state index contributed by atoms with van der Waals surface area (Å²) in [5, 5.41) is 0. The van der Waals surface area contributed by atoms with Crippen LogP contribution in [0.3, 0.4) is 0 Å². The van der Waals surface area contributed by atoms with Crippen molar-refractivity contribution < 1.29 is 28.4 Å². The molecular weight excluding hydrogens is 420 g/mol. The molecule has 0 atom stereocenters. The third kappa shape index (κ3) is 3.10. The van der Waals surface area contributed by atoms with Gasteiger partial charge in [-0.15, -0.1) is 0 Å². The minimum atomic E-state index is 0.248. The zero-order chi connectivity index (χ0) is 21.8. The highest BCUT2D eigenvalue weighted by atomic mass is 16.7. The number of hydrogen-bond donors (Lipinski definition) is 0. The number of hydrogen-bond acceptors (Lipinski definition) is 6. The molecule has 4 aromatic rings. The summed E-state index contributed by atoms with van der Waals surface area (Å²) >= 11 is 0. The Hall–Kier alpha value is -4.32. The molecule has 6 heteroatoms. The Morgan fingerprint density at radius 2 is 0.606 bits per heavy atom. The van der Waals surface area contributed by atoms with Crippen LogP contribution in [0.15, 0.2) is 72.8 Å². The Kier molecular flexibility index (Phi) is 3.93. The normalized spacial score (nSPS) is 14.5. The van der Waals surface area contributed by atoms with E-state index in [1.165, 1.54) is 0 Å². The van der Waals surface area contributed by atoms with Crippen molar-refractivity contribution in [2.75, 3.05) is 20.4 Å². The van der Waals surface area contributed by atoms with E-state index in [0.717, 1.165) is 67.9 Å². The molecule has 0 saturated carbocycles. The summed E-state index contributed by atoms with van der Waals surface area (Å²) in [5.41, 5.74) is 6.33. The number of benzene rings is 4. The van der Waals surface area contributed by atoms with Crippen LogP contribution in [0, 0.1) is 0 Å². The van der Waals surface area contributed by atoms with Gasteiger partial charge in [0.2, 0.25) is 20.4 Å². The van der Waals surface area contributed by atoms with E-state index in [4.69, 9.17) is 28.4 Å². The van der Waals surface area contributed by atoms with Crippen LogP contribution in [0.5, 0.6) is 34.5 Å². The topological polar surface area (TPSA) is 55.4 Å². The number of rotatable bonds is 3. The van der Waals surface area contributed by atoms with Gasteiger partial charge in [0.15, 0.2) is 34.5 Å². The molecule has 7 rings (SSSR count). The Morgan fingerprint density at radius 1 is 0.303 bits per heavy atom. The molecule has 0 bridgehead atoms. The lowest BCUT2D eigenvalue weighted by molar-refractivity contribution is 0.173. The average molecular weight is 438 g/mol. The monoisotopic (exact) mass is 438 g/mol. The lowest BCUT2D eigenvalue weighted by Crippen LogP contribution is -1.93. The average Bonchev–Trinajstić information content (AvgIpc) is 3.62. The smallest absolute Gasteiger partial charge is 0.231 e. The van der Waals surface area contributed by atoms with Crippen molar-refractivity contribution in [1.82, 2.24) is 0 Å². The van der Waals surface area contributed by atoms with E-state index in [1.54, 1.807) is 0 Å². The van der Waals surface area contributed by atoms with Crippen molar-refractivity contribution in [2.24, 2.45) is 0 Å². The zero-order valence-electron chi connectivity index (χ0n) is 17.5. The van der Waals surface area contributed by atoms with E-state index < -0.39 is 0 Å². The second-order valence-electron chi connectivity index (χ2n) is 8.00. The highest BCUT2D eigenvalue weighted by Gasteiger charge is 2.18. The van der Waals surface area contributed by atoms with Gasteiger partial charge in [-0.1, -0.05) is 18.2 Å². The molecule has 3 aliphatic rings. The summed E-state index contributed by atoms with van der Waals surface area (Å²) < 4.78 is 33.3. The first kappa shape index (κ1) is 18.3. The summed E-state index contributed by atoms with van der Waals surface area (Å²) in [7, 11) is 0. The standard InChI is InChI=1S/C27H18O6/c1-4-22-25(31-13-28-22)10-16(1)19-7-20(17-2-5-23-26(11-17)32-14-29-23)9-21(8-19)18-3-6-24-27(12-18)33-15-30-24/h1-12H,13-15H2. The molecule has 4 aromatic carbocycles. The number of fused-ring (bicyclic) bond motifs is 3. The minimum Gasteiger partial charge on any atom is -0.454 e. The highest BCUT2D eigenvalue weighted by Crippen LogP contribution is 2.42. The van der Waals surface area contributed by atoms with Gasteiger partial charge in [-0.2, -0.15) is 0 Å². The third-order valence-corrected chi connectivity index (χ3v) is 6.05. The molecule has 6 nitrogen and oxygen atoms in total. The van der Waals surface area contributed by atoms with Crippen LogP contribution >= 0.6 is 0 Å². The molecule has 162 valence electrons. The van der Waals surface area contributed by atoms with Crippen LogP contribution in [-0.4, -0.2) is 20.4 Å². The number of ether oxygens (including phenoxy) is 6. The first-order valence-electron chi connectivity index (χ1n) is 10.7. The second-order valence-corrected chi connectivity index (χ2v) is 8.00. The summed E-state index contributed by atoms with van der Waals surface area (Å²) in [6.07, 6.45) is 0. The molecule has 3 aliphatic heterocycles. The molecule has 0 fully saturated rings. The van der Waals surface area contributed by atoms with Crippen molar-refractivity contribution >= 4 is 0 Å². The van der Waals surface area contributed by atoms with Gasteiger partial charge in [0, 0.05) is 0 Å². The van der Waals surface area contributed by atoms with E-state index in [0.29, 0.717) is 0 Å². The van der Waals surface area contributed by atoms with Gasteiger partial charge in [0.25, 0.3) is 0 Å². The van der Waals surface area contributed by atoms with E-state index in [2.05, 4.69) is 36.4 Å². The van der Waals surface area contributed by atoms with Crippen LogP contribution in [0.4, 0.5) is 0 Å². The maximum Gasteiger partial charge on any atom is 0.231 e. The van der Waals surface area contributed by atoms with Gasteiger partial charge < -0.3 is 28.4 Å². The third-order valence-electron chi connectivity index (χ3n) is 6.05. The van der Waals surface area contributed by atoms with Crippen molar-refractivity contribution in [2.45, 2.75) is 0 Å².